The van der Waals surface area contributed by atoms with Gasteiger partial charge in [-0.1, -0.05) is 6.42 Å². The Labute approximate surface area is 116 Å². The SMILES string of the molecule is CC(C)(C)OC(=O)N1CCCC[C@@H]2CCNCC[C@H]21. The van der Waals surface area contributed by atoms with Crippen LogP contribution < -0.4 is 5.32 Å². The van der Waals surface area contributed by atoms with Crippen LogP contribution >= 0.6 is 0 Å². The molecule has 0 radical (unpaired) electrons. The van der Waals surface area contributed by atoms with Gasteiger partial charge in [0, 0.05) is 12.6 Å². The van der Waals surface area contributed by atoms with Crippen molar-refractivity contribution in [3.8, 4) is 0 Å². The van der Waals surface area contributed by atoms with E-state index >= 15 is 0 Å². The van der Waals surface area contributed by atoms with E-state index < -0.39 is 5.60 Å². The highest BCUT2D eigenvalue weighted by molar-refractivity contribution is 5.68. The Hall–Kier alpha value is -0.770. The van der Waals surface area contributed by atoms with Gasteiger partial charge in [-0.25, -0.2) is 4.79 Å². The summed E-state index contributed by atoms with van der Waals surface area (Å²) in [6, 6.07) is 0.368. The predicted molar refractivity (Wildman–Crippen MR) is 76.2 cm³/mol. The fourth-order valence-corrected chi connectivity index (χ4v) is 3.24. The molecule has 4 nitrogen and oxygen atoms in total. The molecule has 2 aliphatic heterocycles. The molecular formula is C15H28N2O2. The van der Waals surface area contributed by atoms with Gasteiger partial charge in [-0.15, -0.1) is 0 Å². The second-order valence-electron chi connectivity index (χ2n) is 6.82. The molecule has 0 spiro atoms. The summed E-state index contributed by atoms with van der Waals surface area (Å²) in [5.41, 5.74) is -0.401. The van der Waals surface area contributed by atoms with Crippen LogP contribution in [0.5, 0.6) is 0 Å². The zero-order valence-corrected chi connectivity index (χ0v) is 12.6. The van der Waals surface area contributed by atoms with Crippen LogP contribution in [0, 0.1) is 5.92 Å². The lowest BCUT2D eigenvalue weighted by Crippen LogP contribution is -2.46. The largest absolute Gasteiger partial charge is 0.444 e. The quantitative estimate of drug-likeness (QED) is 0.734. The highest BCUT2D eigenvalue weighted by atomic mass is 16.6. The van der Waals surface area contributed by atoms with Crippen molar-refractivity contribution in [1.82, 2.24) is 10.2 Å². The zero-order chi connectivity index (χ0) is 13.9. The number of carbonyl (C=O) groups excluding carboxylic acids is 1. The maximum atomic E-state index is 12.4. The first-order valence-corrected chi connectivity index (χ1v) is 7.68. The minimum atomic E-state index is -0.401. The van der Waals surface area contributed by atoms with Gasteiger partial charge >= 0.3 is 6.09 Å². The second kappa shape index (κ2) is 6.12. The summed E-state index contributed by atoms with van der Waals surface area (Å²) in [6.07, 6.45) is 5.73. The van der Waals surface area contributed by atoms with Crippen LogP contribution in [0.1, 0.15) is 52.9 Å². The van der Waals surface area contributed by atoms with Crippen LogP contribution in [0.15, 0.2) is 0 Å². The van der Waals surface area contributed by atoms with Crippen LogP contribution in [-0.2, 0) is 4.74 Å². The Bertz CT molecular complexity index is 310. The summed E-state index contributed by atoms with van der Waals surface area (Å²) in [5, 5.41) is 3.45. The van der Waals surface area contributed by atoms with Crippen molar-refractivity contribution in [1.29, 1.82) is 0 Å². The molecule has 0 bridgehead atoms. The summed E-state index contributed by atoms with van der Waals surface area (Å²) in [7, 11) is 0. The number of ether oxygens (including phenoxy) is 1. The molecule has 0 saturated carbocycles. The van der Waals surface area contributed by atoms with E-state index in [0.29, 0.717) is 12.0 Å². The van der Waals surface area contributed by atoms with E-state index in [-0.39, 0.29) is 6.09 Å². The number of fused-ring (bicyclic) bond motifs is 1. The molecule has 1 amide bonds. The minimum absolute atomic E-state index is 0.119. The van der Waals surface area contributed by atoms with Crippen molar-refractivity contribution in [2.45, 2.75) is 64.5 Å². The van der Waals surface area contributed by atoms with E-state index in [4.69, 9.17) is 4.74 Å². The number of hydrogen-bond donors (Lipinski definition) is 1. The molecule has 0 aromatic heterocycles. The standard InChI is InChI=1S/C15H28N2O2/c1-15(2,3)19-14(18)17-11-5-4-6-12-7-9-16-10-8-13(12)17/h12-13,16H,4-11H2,1-3H3/t12-,13-/m1/s1. The third-order valence-corrected chi connectivity index (χ3v) is 4.11. The lowest BCUT2D eigenvalue weighted by atomic mass is 9.90. The smallest absolute Gasteiger partial charge is 0.410 e. The predicted octanol–water partition coefficient (Wildman–Crippen LogP) is 2.78. The van der Waals surface area contributed by atoms with Crippen molar-refractivity contribution in [2.24, 2.45) is 5.92 Å². The van der Waals surface area contributed by atoms with E-state index in [2.05, 4.69) is 5.32 Å². The number of nitrogens with one attached hydrogen (secondary N) is 1. The summed E-state index contributed by atoms with van der Waals surface area (Å²) in [4.78, 5) is 14.4. The molecule has 4 heteroatoms. The van der Waals surface area contributed by atoms with Crippen LogP contribution in [0.3, 0.4) is 0 Å². The number of amides is 1. The molecule has 2 heterocycles. The van der Waals surface area contributed by atoms with E-state index in [1.54, 1.807) is 0 Å². The minimum Gasteiger partial charge on any atom is -0.444 e. The molecule has 0 aliphatic carbocycles. The fourth-order valence-electron chi connectivity index (χ4n) is 3.24. The summed E-state index contributed by atoms with van der Waals surface area (Å²) < 4.78 is 5.59. The van der Waals surface area contributed by atoms with E-state index in [9.17, 15) is 4.79 Å². The Morgan fingerprint density at radius 2 is 1.89 bits per heavy atom. The maximum Gasteiger partial charge on any atom is 0.410 e. The Balaban J connectivity index is 2.09. The first-order chi connectivity index (χ1) is 8.97. The maximum absolute atomic E-state index is 12.4. The molecule has 2 fully saturated rings. The average molecular weight is 268 g/mol. The van der Waals surface area contributed by atoms with Gasteiger partial charge in [0.15, 0.2) is 0 Å². The van der Waals surface area contributed by atoms with E-state index in [1.165, 1.54) is 19.3 Å². The third kappa shape index (κ3) is 4.10. The topological polar surface area (TPSA) is 41.6 Å². The van der Waals surface area contributed by atoms with Gasteiger partial charge in [0.25, 0.3) is 0 Å². The molecule has 1 N–H and O–H groups in total. The first-order valence-electron chi connectivity index (χ1n) is 7.68. The monoisotopic (exact) mass is 268 g/mol. The lowest BCUT2D eigenvalue weighted by molar-refractivity contribution is 0.0112. The number of likely N-dealkylation sites (tertiary alicyclic amines) is 1. The molecule has 2 aliphatic rings. The Morgan fingerprint density at radius 3 is 2.63 bits per heavy atom. The van der Waals surface area contributed by atoms with E-state index in [1.807, 2.05) is 25.7 Å². The normalized spacial score (nSPS) is 29.1. The van der Waals surface area contributed by atoms with Gasteiger partial charge < -0.3 is 15.0 Å². The number of rotatable bonds is 0. The average Bonchev–Trinajstić information content (AvgIpc) is 2.60. The molecule has 110 valence electrons. The van der Waals surface area contributed by atoms with Gasteiger partial charge in [-0.05, 0) is 65.5 Å². The molecule has 19 heavy (non-hydrogen) atoms. The van der Waals surface area contributed by atoms with Crippen molar-refractivity contribution in [3.05, 3.63) is 0 Å². The van der Waals surface area contributed by atoms with Crippen LogP contribution in [0.4, 0.5) is 4.79 Å². The van der Waals surface area contributed by atoms with E-state index in [0.717, 1.165) is 32.5 Å². The molecule has 2 saturated heterocycles. The van der Waals surface area contributed by atoms with Gasteiger partial charge in [-0.3, -0.25) is 0 Å². The van der Waals surface area contributed by atoms with Crippen LogP contribution in [0.25, 0.3) is 0 Å². The van der Waals surface area contributed by atoms with Gasteiger partial charge in [0.2, 0.25) is 0 Å². The number of carbonyl (C=O) groups is 1. The molecule has 2 atom stereocenters. The highest BCUT2D eigenvalue weighted by Gasteiger charge is 2.35. The Morgan fingerprint density at radius 1 is 1.16 bits per heavy atom. The number of hydrogen-bond acceptors (Lipinski definition) is 3. The highest BCUT2D eigenvalue weighted by Crippen LogP contribution is 2.30. The summed E-state index contributed by atoms with van der Waals surface area (Å²) in [6.45, 7) is 8.78. The van der Waals surface area contributed by atoms with Crippen molar-refractivity contribution in [2.75, 3.05) is 19.6 Å². The van der Waals surface area contributed by atoms with Gasteiger partial charge in [0.1, 0.15) is 5.60 Å². The number of nitrogens with zero attached hydrogens (tertiary/aromatic N) is 1. The Kier molecular flexibility index (Phi) is 4.71. The summed E-state index contributed by atoms with van der Waals surface area (Å²) >= 11 is 0. The third-order valence-electron chi connectivity index (χ3n) is 4.11. The second-order valence-corrected chi connectivity index (χ2v) is 6.82. The molecule has 0 unspecified atom stereocenters. The molecule has 0 aromatic rings. The van der Waals surface area contributed by atoms with Crippen molar-refractivity contribution < 1.29 is 9.53 Å². The van der Waals surface area contributed by atoms with Crippen LogP contribution in [0.2, 0.25) is 0 Å². The van der Waals surface area contributed by atoms with Crippen LogP contribution in [-0.4, -0.2) is 42.3 Å². The zero-order valence-electron chi connectivity index (χ0n) is 12.6. The van der Waals surface area contributed by atoms with Crippen molar-refractivity contribution >= 4 is 6.09 Å². The summed E-state index contributed by atoms with van der Waals surface area (Å²) in [5.74, 6) is 0.644. The van der Waals surface area contributed by atoms with Gasteiger partial charge in [0.05, 0.1) is 0 Å². The van der Waals surface area contributed by atoms with Crippen molar-refractivity contribution in [3.63, 3.8) is 0 Å². The molecular weight excluding hydrogens is 240 g/mol. The fraction of sp³-hybridized carbons (Fsp3) is 0.933. The lowest BCUT2D eigenvalue weighted by Gasteiger charge is -2.35. The molecule has 0 aromatic carbocycles. The van der Waals surface area contributed by atoms with Gasteiger partial charge in [-0.2, -0.15) is 0 Å². The molecule has 2 rings (SSSR count). The first kappa shape index (κ1) is 14.6.